The Balaban J connectivity index is 0. The molecule has 0 aromatic carbocycles. The Morgan fingerprint density at radius 1 is 0.520 bits per heavy atom. The summed E-state index contributed by atoms with van der Waals surface area (Å²) < 4.78 is 0. The van der Waals surface area contributed by atoms with Gasteiger partial charge in [0, 0.05) is 23.5 Å². The number of rotatable bonds is 20. The van der Waals surface area contributed by atoms with Gasteiger partial charge in [0.15, 0.2) is 0 Å². The summed E-state index contributed by atoms with van der Waals surface area (Å²) in [6.45, 7) is 2.28. The van der Waals surface area contributed by atoms with Gasteiger partial charge < -0.3 is 5.11 Å². The van der Waals surface area contributed by atoms with Gasteiger partial charge in [-0.25, -0.2) is 0 Å². The van der Waals surface area contributed by atoms with Gasteiger partial charge in [0.05, 0.1) is 0 Å². The zero-order chi connectivity index (χ0) is 17.7. The molecule has 0 fully saturated rings. The van der Waals surface area contributed by atoms with E-state index in [2.05, 4.69) is 6.92 Å². The molecule has 0 aliphatic rings. The summed E-state index contributed by atoms with van der Waals surface area (Å²) in [5, 5.41) is 8.56. The van der Waals surface area contributed by atoms with Gasteiger partial charge in [-0.15, -0.1) is 0 Å². The first-order chi connectivity index (χ1) is 11.8. The second-order valence-corrected chi connectivity index (χ2v) is 7.51. The summed E-state index contributed by atoms with van der Waals surface area (Å²) in [5.41, 5.74) is 0. The Kier molecular flexibility index (Phi) is 26.1. The van der Waals surface area contributed by atoms with Crippen LogP contribution in [-0.2, 0) is 21.9 Å². The maximum absolute atomic E-state index is 10.4. The van der Waals surface area contributed by atoms with E-state index in [4.69, 9.17) is 5.11 Å². The molecule has 0 rings (SSSR count). The molecule has 2 nitrogen and oxygen atoms in total. The Morgan fingerprint density at radius 2 is 0.760 bits per heavy atom. The van der Waals surface area contributed by atoms with E-state index in [-0.39, 0.29) is 17.1 Å². The minimum absolute atomic E-state index is 0. The van der Waals surface area contributed by atoms with Gasteiger partial charge in [-0.2, -0.15) is 0 Å². The standard InChI is InChI=1S/C22H44O2.Mn/c1-2-3-4-5-6-7-8-9-10-11-12-13-14-15-16-17-18-19-20-21-22(23)24;/h2-21H2,1H3,(H,23,24);. The first-order valence-corrected chi connectivity index (χ1v) is 11.0. The number of hydrogen-bond acceptors (Lipinski definition) is 1. The van der Waals surface area contributed by atoms with E-state index in [0.29, 0.717) is 6.42 Å². The van der Waals surface area contributed by atoms with Crippen molar-refractivity contribution in [2.45, 2.75) is 135 Å². The van der Waals surface area contributed by atoms with Crippen LogP contribution in [0.4, 0.5) is 0 Å². The summed E-state index contributed by atoms with van der Waals surface area (Å²) in [7, 11) is 0. The maximum atomic E-state index is 10.4. The van der Waals surface area contributed by atoms with Crippen molar-refractivity contribution in [1.29, 1.82) is 0 Å². The molecule has 0 atom stereocenters. The molecule has 0 bridgehead atoms. The second-order valence-electron chi connectivity index (χ2n) is 7.51. The smallest absolute Gasteiger partial charge is 0.303 e. The predicted molar refractivity (Wildman–Crippen MR) is 106 cm³/mol. The van der Waals surface area contributed by atoms with Crippen LogP contribution in [-0.4, -0.2) is 11.1 Å². The summed E-state index contributed by atoms with van der Waals surface area (Å²) in [5.74, 6) is -0.651. The summed E-state index contributed by atoms with van der Waals surface area (Å²) >= 11 is 0. The van der Waals surface area contributed by atoms with Gasteiger partial charge in [0.2, 0.25) is 0 Å². The van der Waals surface area contributed by atoms with Crippen LogP contribution < -0.4 is 0 Å². The molecule has 0 unspecified atom stereocenters. The molecule has 0 spiro atoms. The van der Waals surface area contributed by atoms with Gasteiger partial charge in [0.25, 0.3) is 0 Å². The Morgan fingerprint density at radius 3 is 1.00 bits per heavy atom. The molecule has 0 heterocycles. The van der Waals surface area contributed by atoms with E-state index in [1.807, 2.05) is 0 Å². The molecule has 0 saturated heterocycles. The van der Waals surface area contributed by atoms with Crippen LogP contribution in [0.25, 0.3) is 0 Å². The number of carboxylic acid groups (broad SMARTS) is 1. The summed E-state index contributed by atoms with van der Waals surface area (Å²) in [6.07, 6.45) is 26.1. The quantitative estimate of drug-likeness (QED) is 0.168. The van der Waals surface area contributed by atoms with Crippen molar-refractivity contribution >= 4 is 5.97 Å². The van der Waals surface area contributed by atoms with Crippen LogP contribution in [0.1, 0.15) is 135 Å². The molecular formula is C22H44MnO2. The number of aliphatic carboxylic acids is 1. The number of carboxylic acids is 1. The normalized spacial score (nSPS) is 10.6. The average Bonchev–Trinajstić information content (AvgIpc) is 2.56. The van der Waals surface area contributed by atoms with E-state index in [1.165, 1.54) is 109 Å². The first kappa shape index (κ1) is 27.2. The van der Waals surface area contributed by atoms with Crippen molar-refractivity contribution in [1.82, 2.24) is 0 Å². The van der Waals surface area contributed by atoms with Gasteiger partial charge in [-0.1, -0.05) is 122 Å². The van der Waals surface area contributed by atoms with Crippen LogP contribution in [0.2, 0.25) is 0 Å². The third-order valence-corrected chi connectivity index (χ3v) is 4.99. The zero-order valence-electron chi connectivity index (χ0n) is 16.9. The fourth-order valence-electron chi connectivity index (χ4n) is 3.35. The molecular weight excluding hydrogens is 351 g/mol. The van der Waals surface area contributed by atoms with Gasteiger partial charge in [0.1, 0.15) is 0 Å². The van der Waals surface area contributed by atoms with E-state index in [9.17, 15) is 4.79 Å². The molecule has 3 heteroatoms. The number of hydrogen-bond donors (Lipinski definition) is 1. The topological polar surface area (TPSA) is 37.3 Å². The van der Waals surface area contributed by atoms with Crippen molar-refractivity contribution in [3.63, 3.8) is 0 Å². The largest absolute Gasteiger partial charge is 0.481 e. The van der Waals surface area contributed by atoms with Gasteiger partial charge >= 0.3 is 5.97 Å². The van der Waals surface area contributed by atoms with Crippen LogP contribution >= 0.6 is 0 Å². The zero-order valence-corrected chi connectivity index (χ0v) is 18.1. The molecule has 0 aromatic rings. The third-order valence-electron chi connectivity index (χ3n) is 4.99. The van der Waals surface area contributed by atoms with Crippen molar-refractivity contribution in [2.75, 3.05) is 0 Å². The summed E-state index contributed by atoms with van der Waals surface area (Å²) in [4.78, 5) is 10.4. The monoisotopic (exact) mass is 395 g/mol. The SMILES string of the molecule is CCCCCCCCCCCCCCCCCCCCCC(=O)O.[Mn]. The van der Waals surface area contributed by atoms with Crippen molar-refractivity contribution in [2.24, 2.45) is 0 Å². The summed E-state index contributed by atoms with van der Waals surface area (Å²) in [6, 6.07) is 0. The van der Waals surface area contributed by atoms with Crippen molar-refractivity contribution in [3.8, 4) is 0 Å². The number of unbranched alkanes of at least 4 members (excludes halogenated alkanes) is 18. The van der Waals surface area contributed by atoms with Crippen molar-refractivity contribution < 1.29 is 27.0 Å². The second kappa shape index (κ2) is 24.0. The van der Waals surface area contributed by atoms with Gasteiger partial charge in [-0.3, -0.25) is 4.79 Å². The van der Waals surface area contributed by atoms with Crippen LogP contribution in [0.15, 0.2) is 0 Å². The third kappa shape index (κ3) is 26.3. The molecule has 25 heavy (non-hydrogen) atoms. The molecule has 1 N–H and O–H groups in total. The van der Waals surface area contributed by atoms with E-state index in [0.717, 1.165) is 12.8 Å². The van der Waals surface area contributed by atoms with E-state index in [1.54, 1.807) is 0 Å². The average molecular weight is 396 g/mol. The Bertz CT molecular complexity index is 256. The van der Waals surface area contributed by atoms with Crippen LogP contribution in [0.5, 0.6) is 0 Å². The van der Waals surface area contributed by atoms with Crippen LogP contribution in [0.3, 0.4) is 0 Å². The predicted octanol–water partition coefficient (Wildman–Crippen LogP) is 7.89. The Hall–Kier alpha value is -0.0105. The number of carbonyl (C=O) groups is 1. The Labute approximate surface area is 168 Å². The van der Waals surface area contributed by atoms with E-state index < -0.39 is 5.97 Å². The first-order valence-electron chi connectivity index (χ1n) is 11.0. The minimum atomic E-state index is -0.651. The minimum Gasteiger partial charge on any atom is -0.481 e. The fourth-order valence-corrected chi connectivity index (χ4v) is 3.35. The van der Waals surface area contributed by atoms with Crippen LogP contribution in [0, 0.1) is 0 Å². The molecule has 0 aromatic heterocycles. The molecule has 151 valence electrons. The maximum Gasteiger partial charge on any atom is 0.303 e. The molecule has 0 amide bonds. The van der Waals surface area contributed by atoms with Crippen molar-refractivity contribution in [3.05, 3.63) is 0 Å². The molecule has 0 aliphatic carbocycles. The molecule has 0 saturated carbocycles. The molecule has 1 radical (unpaired) electrons. The van der Waals surface area contributed by atoms with E-state index >= 15 is 0 Å². The van der Waals surface area contributed by atoms with Gasteiger partial charge in [-0.05, 0) is 6.42 Å². The fraction of sp³-hybridized carbons (Fsp3) is 0.955. The molecule has 0 aliphatic heterocycles.